The van der Waals surface area contributed by atoms with Crippen molar-refractivity contribution in [2.75, 3.05) is 165 Å². The van der Waals surface area contributed by atoms with Crippen LogP contribution in [0.5, 0.6) is 0 Å². The normalized spacial score (nSPS) is 12.2. The Labute approximate surface area is 342 Å². The van der Waals surface area contributed by atoms with Crippen LogP contribution in [0.4, 0.5) is 0 Å². The molecule has 0 spiro atoms. The molecule has 328 valence electrons. The maximum Gasteiger partial charge on any atom is 0.308 e. The summed E-state index contributed by atoms with van der Waals surface area (Å²) in [5, 5.41) is 8.51. The molecule has 1 aliphatic rings. The number of carboxylic acid groups (broad SMARTS) is 1. The summed E-state index contributed by atoms with van der Waals surface area (Å²) in [4.78, 5) is 22.7. The van der Waals surface area contributed by atoms with Crippen molar-refractivity contribution < 1.29 is 76.3 Å². The van der Waals surface area contributed by atoms with E-state index in [4.69, 9.17) is 66.7 Å². The maximum absolute atomic E-state index is 12.3. The summed E-state index contributed by atoms with van der Waals surface area (Å²) < 4.78 is 70.9. The number of ether oxygens (including phenoxy) is 13. The van der Waals surface area contributed by atoms with Crippen molar-refractivity contribution in [3.05, 3.63) is 59.7 Å². The largest absolute Gasteiger partial charge is 0.481 e. The third-order valence-corrected chi connectivity index (χ3v) is 8.38. The first kappa shape index (κ1) is 49.3. The van der Waals surface area contributed by atoms with Gasteiger partial charge in [-0.1, -0.05) is 48.5 Å². The third kappa shape index (κ3) is 24.1. The minimum Gasteiger partial charge on any atom is -0.481 e. The highest BCUT2D eigenvalue weighted by Crippen LogP contribution is 2.44. The summed E-state index contributed by atoms with van der Waals surface area (Å²) in [7, 11) is 0. The second-order valence-electron chi connectivity index (χ2n) is 12.7. The highest BCUT2D eigenvalue weighted by Gasteiger charge is 2.28. The smallest absolute Gasteiger partial charge is 0.308 e. The van der Waals surface area contributed by atoms with Gasteiger partial charge in [-0.3, -0.25) is 9.59 Å². The van der Waals surface area contributed by atoms with Gasteiger partial charge in [0.1, 0.15) is 6.61 Å². The van der Waals surface area contributed by atoms with Crippen LogP contribution in [-0.2, 0) is 71.2 Å². The van der Waals surface area contributed by atoms with E-state index in [2.05, 4.69) is 24.3 Å². The summed E-state index contributed by atoms with van der Waals surface area (Å²) in [6, 6.07) is 16.6. The van der Waals surface area contributed by atoms with Gasteiger partial charge in [-0.2, -0.15) is 0 Å². The zero-order chi connectivity index (χ0) is 41.0. The molecule has 0 aliphatic heterocycles. The van der Waals surface area contributed by atoms with Crippen molar-refractivity contribution in [3.63, 3.8) is 0 Å². The lowest BCUT2D eigenvalue weighted by Crippen LogP contribution is -2.16. The molecule has 1 N–H and O–H groups in total. The molecule has 0 amide bonds. The Hall–Kier alpha value is -3.10. The van der Waals surface area contributed by atoms with Crippen LogP contribution in [0.3, 0.4) is 0 Å². The van der Waals surface area contributed by atoms with Crippen molar-refractivity contribution in [2.24, 2.45) is 0 Å². The van der Waals surface area contributed by atoms with Gasteiger partial charge in [0.2, 0.25) is 0 Å². The highest BCUT2D eigenvalue weighted by molar-refractivity contribution is 5.79. The van der Waals surface area contributed by atoms with Gasteiger partial charge in [-0.05, 0) is 22.3 Å². The van der Waals surface area contributed by atoms with Crippen LogP contribution >= 0.6 is 0 Å². The number of aliphatic carboxylic acids is 1. The molecule has 0 radical (unpaired) electrons. The lowest BCUT2D eigenvalue weighted by Gasteiger charge is -2.14. The SMILES string of the molecule is O=C(O)CCOCCOCCOCCOCCOCCOCCOCCOCCOCCOCCOCCOCCC(=O)OCC1c2ccccc2-c2ccccc21. The lowest BCUT2D eigenvalue weighted by atomic mass is 9.98. The van der Waals surface area contributed by atoms with Crippen LogP contribution in [0.2, 0.25) is 0 Å². The fraction of sp³-hybridized carbons (Fsp3) is 0.667. The molecule has 0 saturated heterocycles. The quantitative estimate of drug-likeness (QED) is 0.0763. The molecule has 2 aromatic rings. The van der Waals surface area contributed by atoms with Crippen LogP contribution in [0.25, 0.3) is 11.1 Å². The summed E-state index contributed by atoms with van der Waals surface area (Å²) in [6.07, 6.45) is 0.190. The molecular weight excluding hydrogens is 760 g/mol. The van der Waals surface area contributed by atoms with Crippen molar-refractivity contribution in [3.8, 4) is 11.1 Å². The van der Waals surface area contributed by atoms with Crippen LogP contribution < -0.4 is 0 Å². The molecule has 16 heteroatoms. The van der Waals surface area contributed by atoms with Gasteiger partial charge in [0.15, 0.2) is 0 Å². The predicted molar refractivity (Wildman–Crippen MR) is 211 cm³/mol. The van der Waals surface area contributed by atoms with Crippen LogP contribution in [0.15, 0.2) is 48.5 Å². The number of hydrogen-bond donors (Lipinski definition) is 1. The molecule has 16 nitrogen and oxygen atoms in total. The highest BCUT2D eigenvalue weighted by atomic mass is 16.6. The number of carbonyl (C=O) groups is 2. The Bertz CT molecular complexity index is 1270. The molecule has 0 saturated carbocycles. The molecule has 0 unspecified atom stereocenters. The minimum absolute atomic E-state index is 0.00758. The van der Waals surface area contributed by atoms with E-state index in [1.165, 1.54) is 22.3 Å². The van der Waals surface area contributed by atoms with Crippen molar-refractivity contribution in [1.29, 1.82) is 0 Å². The van der Waals surface area contributed by atoms with E-state index in [0.29, 0.717) is 152 Å². The number of hydrogen-bond acceptors (Lipinski definition) is 15. The van der Waals surface area contributed by atoms with Gasteiger partial charge in [0, 0.05) is 5.92 Å². The molecule has 0 heterocycles. The number of carboxylic acids is 1. The van der Waals surface area contributed by atoms with Gasteiger partial charge in [0.05, 0.1) is 171 Å². The van der Waals surface area contributed by atoms with Gasteiger partial charge in [-0.25, -0.2) is 0 Å². The molecule has 58 heavy (non-hydrogen) atoms. The summed E-state index contributed by atoms with van der Waals surface area (Å²) in [5.41, 5.74) is 4.80. The molecular formula is C42H64O16. The molecule has 3 rings (SSSR count). The van der Waals surface area contributed by atoms with Gasteiger partial charge >= 0.3 is 11.9 Å². The van der Waals surface area contributed by atoms with E-state index in [-0.39, 0.29) is 37.9 Å². The molecule has 1 aliphatic carbocycles. The van der Waals surface area contributed by atoms with Crippen molar-refractivity contribution in [1.82, 2.24) is 0 Å². The fourth-order valence-electron chi connectivity index (χ4n) is 5.52. The number of rotatable bonds is 41. The summed E-state index contributed by atoms with van der Waals surface area (Å²) >= 11 is 0. The van der Waals surface area contributed by atoms with E-state index in [0.717, 1.165) is 0 Å². The number of esters is 1. The second kappa shape index (κ2) is 34.7. The average Bonchev–Trinajstić information content (AvgIpc) is 3.55. The first-order valence-electron chi connectivity index (χ1n) is 20.2. The molecule has 2 aromatic carbocycles. The number of fused-ring (bicyclic) bond motifs is 3. The predicted octanol–water partition coefficient (Wildman–Crippen LogP) is 3.41. The Morgan fingerprint density at radius 3 is 0.931 bits per heavy atom. The van der Waals surface area contributed by atoms with Gasteiger partial charge in [-0.15, -0.1) is 0 Å². The van der Waals surface area contributed by atoms with Crippen LogP contribution in [-0.4, -0.2) is 182 Å². The minimum atomic E-state index is -0.878. The Morgan fingerprint density at radius 1 is 0.379 bits per heavy atom. The maximum atomic E-state index is 12.3. The Morgan fingerprint density at radius 2 is 0.638 bits per heavy atom. The lowest BCUT2D eigenvalue weighted by molar-refractivity contribution is -0.145. The second-order valence-corrected chi connectivity index (χ2v) is 12.7. The average molecular weight is 825 g/mol. The van der Waals surface area contributed by atoms with E-state index in [1.807, 2.05) is 24.3 Å². The monoisotopic (exact) mass is 824 g/mol. The Kier molecular flexibility index (Phi) is 29.5. The van der Waals surface area contributed by atoms with E-state index >= 15 is 0 Å². The number of carbonyl (C=O) groups excluding carboxylic acids is 1. The van der Waals surface area contributed by atoms with Crippen molar-refractivity contribution >= 4 is 11.9 Å². The van der Waals surface area contributed by atoms with E-state index in [9.17, 15) is 9.59 Å². The standard InChI is InChI=1S/C42H64O16/c43-41(44)9-11-46-13-15-48-17-19-50-21-23-52-25-27-54-29-31-56-33-34-57-32-30-55-28-26-53-24-22-51-20-18-49-16-14-47-12-10-42(45)58-35-40-38-7-3-1-5-36(38)37-6-2-4-8-39(37)40/h1-8,40H,9-35H2,(H,43,44). The molecule has 0 atom stereocenters. The fourth-order valence-corrected chi connectivity index (χ4v) is 5.52. The van der Waals surface area contributed by atoms with Crippen LogP contribution in [0.1, 0.15) is 29.9 Å². The van der Waals surface area contributed by atoms with Gasteiger partial charge < -0.3 is 66.7 Å². The first-order valence-corrected chi connectivity index (χ1v) is 20.2. The van der Waals surface area contributed by atoms with Crippen molar-refractivity contribution in [2.45, 2.75) is 18.8 Å². The zero-order valence-electron chi connectivity index (χ0n) is 33.9. The van der Waals surface area contributed by atoms with Gasteiger partial charge in [0.25, 0.3) is 0 Å². The summed E-state index contributed by atoms with van der Waals surface area (Å²) in [6.45, 7) is 10.8. The molecule has 0 fully saturated rings. The topological polar surface area (TPSA) is 174 Å². The molecule has 0 bridgehead atoms. The zero-order valence-corrected chi connectivity index (χ0v) is 33.9. The number of benzene rings is 2. The summed E-state index contributed by atoms with van der Waals surface area (Å²) in [5.74, 6) is -1.09. The third-order valence-electron chi connectivity index (χ3n) is 8.38. The van der Waals surface area contributed by atoms with E-state index in [1.54, 1.807) is 0 Å². The van der Waals surface area contributed by atoms with Crippen LogP contribution in [0, 0.1) is 0 Å². The molecule has 0 aromatic heterocycles. The first-order chi connectivity index (χ1) is 28.7. The van der Waals surface area contributed by atoms with E-state index < -0.39 is 5.97 Å². The Balaban J connectivity index is 0.929.